The fourth-order valence-electron chi connectivity index (χ4n) is 2.73. The fourth-order valence-corrected chi connectivity index (χ4v) is 4.06. The van der Waals surface area contributed by atoms with Crippen molar-refractivity contribution in [3.8, 4) is 0 Å². The van der Waals surface area contributed by atoms with Crippen LogP contribution >= 0.6 is 11.8 Å². The molecule has 0 saturated carbocycles. The van der Waals surface area contributed by atoms with E-state index in [0.717, 1.165) is 5.25 Å². The van der Waals surface area contributed by atoms with Crippen LogP contribution < -0.4 is 0 Å². The van der Waals surface area contributed by atoms with E-state index >= 15 is 0 Å². The van der Waals surface area contributed by atoms with E-state index in [4.69, 9.17) is 0 Å². The Hall–Kier alpha value is 0.350. The van der Waals surface area contributed by atoms with Crippen molar-refractivity contribution in [2.24, 2.45) is 0 Å². The third-order valence-corrected chi connectivity index (χ3v) is 5.37. The molecule has 1 heterocycles. The molecule has 17 heavy (non-hydrogen) atoms. The van der Waals surface area contributed by atoms with Gasteiger partial charge in [-0.1, -0.05) is 71.1 Å². The molecule has 1 aliphatic heterocycles. The van der Waals surface area contributed by atoms with Crippen LogP contribution in [0.1, 0.15) is 90.4 Å². The van der Waals surface area contributed by atoms with Crippen LogP contribution in [0.2, 0.25) is 0 Å². The molecular weight excluding hydrogens is 224 g/mol. The molecule has 0 N–H and O–H groups in total. The van der Waals surface area contributed by atoms with Crippen LogP contribution in [0.4, 0.5) is 0 Å². The molecule has 0 amide bonds. The molecule has 1 rings (SSSR count). The van der Waals surface area contributed by atoms with Crippen LogP contribution in [0.25, 0.3) is 0 Å². The Bertz CT molecular complexity index is 150. The van der Waals surface area contributed by atoms with Gasteiger partial charge in [-0.3, -0.25) is 0 Å². The molecule has 1 unspecified atom stereocenters. The number of unbranched alkanes of at least 4 members (excludes halogenated alkanes) is 9. The Balaban J connectivity index is 1.69. The summed E-state index contributed by atoms with van der Waals surface area (Å²) in [6, 6.07) is 0. The van der Waals surface area contributed by atoms with Crippen molar-refractivity contribution in [2.45, 2.75) is 95.6 Å². The second-order valence-corrected chi connectivity index (χ2v) is 7.01. The molecule has 1 aliphatic rings. The van der Waals surface area contributed by atoms with Gasteiger partial charge in [-0.25, -0.2) is 0 Å². The van der Waals surface area contributed by atoms with Crippen molar-refractivity contribution in [2.75, 3.05) is 5.75 Å². The van der Waals surface area contributed by atoms with Gasteiger partial charge in [0.2, 0.25) is 0 Å². The zero-order valence-corrected chi connectivity index (χ0v) is 12.7. The Morgan fingerprint density at radius 3 is 1.94 bits per heavy atom. The van der Waals surface area contributed by atoms with E-state index in [0.29, 0.717) is 0 Å². The highest BCUT2D eigenvalue weighted by Gasteiger charge is 2.14. The van der Waals surface area contributed by atoms with E-state index in [1.54, 1.807) is 0 Å². The highest BCUT2D eigenvalue weighted by Crippen LogP contribution is 2.30. The Morgan fingerprint density at radius 1 is 0.824 bits per heavy atom. The molecule has 1 saturated heterocycles. The van der Waals surface area contributed by atoms with Crippen LogP contribution in [0.3, 0.4) is 0 Å². The van der Waals surface area contributed by atoms with Crippen molar-refractivity contribution in [1.29, 1.82) is 0 Å². The third kappa shape index (κ3) is 8.99. The van der Waals surface area contributed by atoms with Crippen molar-refractivity contribution < 1.29 is 0 Å². The quantitative estimate of drug-likeness (QED) is 0.397. The third-order valence-electron chi connectivity index (χ3n) is 3.90. The van der Waals surface area contributed by atoms with Gasteiger partial charge in [-0.15, -0.1) is 0 Å². The van der Waals surface area contributed by atoms with Gasteiger partial charge in [0.15, 0.2) is 0 Å². The van der Waals surface area contributed by atoms with Gasteiger partial charge < -0.3 is 0 Å². The summed E-state index contributed by atoms with van der Waals surface area (Å²) in [6.45, 7) is 2.29. The summed E-state index contributed by atoms with van der Waals surface area (Å²) in [5, 5.41) is 1.03. The molecule has 0 aromatic carbocycles. The molecular formula is C16H32S. The molecule has 0 spiro atoms. The van der Waals surface area contributed by atoms with Crippen LogP contribution in [0, 0.1) is 0 Å². The van der Waals surface area contributed by atoms with Crippen molar-refractivity contribution in [3.63, 3.8) is 0 Å². The molecule has 0 nitrogen and oxygen atoms in total. The van der Waals surface area contributed by atoms with Crippen LogP contribution in [0.5, 0.6) is 0 Å². The number of hydrogen-bond acceptors (Lipinski definition) is 1. The zero-order valence-electron chi connectivity index (χ0n) is 11.9. The second-order valence-electron chi connectivity index (χ2n) is 5.61. The maximum absolute atomic E-state index is 2.29. The summed E-state index contributed by atoms with van der Waals surface area (Å²) in [5.41, 5.74) is 0. The predicted molar refractivity (Wildman–Crippen MR) is 81.9 cm³/mol. The number of hydrogen-bond donors (Lipinski definition) is 0. The summed E-state index contributed by atoms with van der Waals surface area (Å²) in [4.78, 5) is 0. The molecule has 0 aromatic heterocycles. The Morgan fingerprint density at radius 2 is 1.41 bits per heavy atom. The summed E-state index contributed by atoms with van der Waals surface area (Å²) >= 11 is 2.22. The lowest BCUT2D eigenvalue weighted by atomic mass is 10.0. The molecule has 1 fully saturated rings. The monoisotopic (exact) mass is 256 g/mol. The number of thioether (sulfide) groups is 1. The van der Waals surface area contributed by atoms with Gasteiger partial charge in [0.25, 0.3) is 0 Å². The van der Waals surface area contributed by atoms with Gasteiger partial charge in [0.1, 0.15) is 0 Å². The van der Waals surface area contributed by atoms with Crippen molar-refractivity contribution >= 4 is 11.8 Å². The largest absolute Gasteiger partial charge is 0.159 e. The lowest BCUT2D eigenvalue weighted by Gasteiger charge is -2.07. The molecule has 1 atom stereocenters. The summed E-state index contributed by atoms with van der Waals surface area (Å²) in [5.74, 6) is 1.43. The highest BCUT2D eigenvalue weighted by atomic mass is 32.2. The van der Waals surface area contributed by atoms with E-state index in [1.807, 2.05) is 0 Å². The highest BCUT2D eigenvalue weighted by molar-refractivity contribution is 8.00. The van der Waals surface area contributed by atoms with E-state index < -0.39 is 0 Å². The molecule has 0 aromatic rings. The first-order valence-corrected chi connectivity index (χ1v) is 9.10. The molecule has 0 bridgehead atoms. The summed E-state index contributed by atoms with van der Waals surface area (Å²) in [7, 11) is 0. The van der Waals surface area contributed by atoms with Crippen LogP contribution in [-0.2, 0) is 0 Å². The predicted octanol–water partition coefficient (Wildman–Crippen LogP) is 6.19. The first-order chi connectivity index (χ1) is 8.43. The topological polar surface area (TPSA) is 0 Å². The lowest BCUT2D eigenvalue weighted by Crippen LogP contribution is -1.95. The minimum atomic E-state index is 1.03. The first kappa shape index (κ1) is 15.4. The fraction of sp³-hybridized carbons (Fsp3) is 1.00. The smallest absolute Gasteiger partial charge is 0.00473 e. The van der Waals surface area contributed by atoms with Gasteiger partial charge >= 0.3 is 0 Å². The summed E-state index contributed by atoms with van der Waals surface area (Å²) < 4.78 is 0. The molecule has 1 heteroatoms. The standard InChI is InChI=1S/C16H32S/c1-2-3-4-5-6-7-8-9-10-11-13-16-14-12-15-17-16/h16H,2-15H2,1H3. The maximum Gasteiger partial charge on any atom is 0.00473 e. The maximum atomic E-state index is 2.29. The van der Waals surface area contributed by atoms with Gasteiger partial charge in [-0.2, -0.15) is 11.8 Å². The van der Waals surface area contributed by atoms with E-state index in [1.165, 1.54) is 89.2 Å². The van der Waals surface area contributed by atoms with Crippen molar-refractivity contribution in [1.82, 2.24) is 0 Å². The first-order valence-electron chi connectivity index (χ1n) is 8.05. The van der Waals surface area contributed by atoms with Crippen molar-refractivity contribution in [3.05, 3.63) is 0 Å². The van der Waals surface area contributed by atoms with Crippen LogP contribution in [-0.4, -0.2) is 11.0 Å². The molecule has 102 valence electrons. The average molecular weight is 256 g/mol. The van der Waals surface area contributed by atoms with E-state index in [-0.39, 0.29) is 0 Å². The lowest BCUT2D eigenvalue weighted by molar-refractivity contribution is 0.544. The Kier molecular flexibility index (Phi) is 10.4. The molecule has 0 aliphatic carbocycles. The SMILES string of the molecule is CCCCCCCCCCCCC1CCCS1. The number of rotatable bonds is 11. The minimum absolute atomic E-state index is 1.03. The molecule has 0 radical (unpaired) electrons. The zero-order chi connectivity index (χ0) is 12.2. The van der Waals surface area contributed by atoms with Gasteiger partial charge in [-0.05, 0) is 25.0 Å². The van der Waals surface area contributed by atoms with E-state index in [9.17, 15) is 0 Å². The second kappa shape index (κ2) is 11.4. The van der Waals surface area contributed by atoms with Crippen LogP contribution in [0.15, 0.2) is 0 Å². The average Bonchev–Trinajstić information content (AvgIpc) is 2.85. The normalized spacial score (nSPS) is 19.9. The van der Waals surface area contributed by atoms with Gasteiger partial charge in [0, 0.05) is 5.25 Å². The van der Waals surface area contributed by atoms with Gasteiger partial charge in [0.05, 0.1) is 0 Å². The van der Waals surface area contributed by atoms with E-state index in [2.05, 4.69) is 18.7 Å². The summed E-state index contributed by atoms with van der Waals surface area (Å²) in [6.07, 6.45) is 19.2. The Labute approximate surface area is 113 Å². The minimum Gasteiger partial charge on any atom is -0.159 e.